The van der Waals surface area contributed by atoms with Crippen molar-refractivity contribution in [1.82, 2.24) is 4.98 Å². The number of carbonyl (C=O) groups is 1. The third-order valence-corrected chi connectivity index (χ3v) is 6.97. The molecule has 0 atom stereocenters. The fraction of sp³-hybridized carbons (Fsp3) is 0.259. The molecule has 4 aromatic rings. The van der Waals surface area contributed by atoms with Crippen LogP contribution in [0.25, 0.3) is 10.2 Å². The summed E-state index contributed by atoms with van der Waals surface area (Å²) in [5, 5.41) is 1.33. The number of aromatic nitrogens is 1. The molecule has 0 aliphatic heterocycles. The van der Waals surface area contributed by atoms with Gasteiger partial charge in [-0.1, -0.05) is 73.0 Å². The van der Waals surface area contributed by atoms with Crippen LogP contribution in [0.15, 0.2) is 66.7 Å². The van der Waals surface area contributed by atoms with Gasteiger partial charge in [0.15, 0.2) is 5.13 Å². The monoisotopic (exact) mass is 478 g/mol. The molecule has 6 heteroatoms. The highest BCUT2D eigenvalue weighted by Crippen LogP contribution is 2.35. The Morgan fingerprint density at radius 2 is 1.79 bits per heavy atom. The summed E-state index contributed by atoms with van der Waals surface area (Å²) in [5.41, 5.74) is 3.40. The molecule has 0 fully saturated rings. The smallest absolute Gasteiger partial charge is 0.260 e. The zero-order chi connectivity index (χ0) is 23.2. The highest BCUT2D eigenvalue weighted by molar-refractivity contribution is 7.22. The van der Waals surface area contributed by atoms with Gasteiger partial charge in [0.2, 0.25) is 0 Å². The van der Waals surface area contributed by atoms with Crippen LogP contribution in [0.2, 0.25) is 5.02 Å². The van der Waals surface area contributed by atoms with Crippen LogP contribution in [-0.2, 0) is 6.54 Å². The van der Waals surface area contributed by atoms with Gasteiger partial charge < -0.3 is 4.74 Å². The Labute approximate surface area is 203 Å². The number of ether oxygens (including phenoxy) is 1. The van der Waals surface area contributed by atoms with Crippen molar-refractivity contribution >= 4 is 44.2 Å². The standard InChI is InChI=1S/C27H27ClN2O2S/c1-3-4-8-17-32-22-13-11-21(12-14-22)26(31)30(18-20-9-6-5-7-10-20)27-29-25-19(2)23(28)15-16-24(25)33-27/h5-7,9-16H,3-4,8,17-18H2,1-2H3. The SMILES string of the molecule is CCCCCOc1ccc(C(=O)N(Cc2ccccc2)c2nc3c(C)c(Cl)ccc3s2)cc1. The minimum atomic E-state index is -0.0980. The maximum Gasteiger partial charge on any atom is 0.260 e. The summed E-state index contributed by atoms with van der Waals surface area (Å²) in [5.74, 6) is 0.682. The van der Waals surface area contributed by atoms with Gasteiger partial charge in [0, 0.05) is 10.6 Å². The van der Waals surface area contributed by atoms with E-state index in [1.165, 1.54) is 11.3 Å². The molecule has 1 heterocycles. The molecule has 33 heavy (non-hydrogen) atoms. The number of unbranched alkanes of at least 4 members (excludes halogenated alkanes) is 2. The van der Waals surface area contributed by atoms with Gasteiger partial charge in [-0.3, -0.25) is 9.69 Å². The number of hydrogen-bond donors (Lipinski definition) is 0. The first-order valence-corrected chi connectivity index (χ1v) is 12.4. The van der Waals surface area contributed by atoms with Crippen molar-refractivity contribution in [3.05, 3.63) is 88.4 Å². The van der Waals surface area contributed by atoms with Crippen LogP contribution in [0.5, 0.6) is 5.75 Å². The lowest BCUT2D eigenvalue weighted by atomic mass is 10.1. The summed E-state index contributed by atoms with van der Waals surface area (Å²) < 4.78 is 6.81. The van der Waals surface area contributed by atoms with Crippen molar-refractivity contribution < 1.29 is 9.53 Å². The van der Waals surface area contributed by atoms with E-state index in [2.05, 4.69) is 6.92 Å². The largest absolute Gasteiger partial charge is 0.494 e. The fourth-order valence-corrected chi connectivity index (χ4v) is 4.76. The van der Waals surface area contributed by atoms with Crippen molar-refractivity contribution in [1.29, 1.82) is 0 Å². The molecular weight excluding hydrogens is 452 g/mol. The summed E-state index contributed by atoms with van der Waals surface area (Å²) in [6, 6.07) is 21.2. The number of thiazole rings is 1. The van der Waals surface area contributed by atoms with Crippen LogP contribution in [0.3, 0.4) is 0 Å². The number of rotatable bonds is 9. The fourth-order valence-electron chi connectivity index (χ4n) is 3.59. The number of hydrogen-bond acceptors (Lipinski definition) is 4. The predicted octanol–water partition coefficient (Wildman–Crippen LogP) is 7.67. The van der Waals surface area contributed by atoms with E-state index >= 15 is 0 Å². The van der Waals surface area contributed by atoms with Gasteiger partial charge in [0.1, 0.15) is 5.75 Å². The number of benzene rings is 3. The minimum absolute atomic E-state index is 0.0980. The molecule has 4 nitrogen and oxygen atoms in total. The molecule has 4 rings (SSSR count). The molecule has 0 aliphatic rings. The van der Waals surface area contributed by atoms with Gasteiger partial charge >= 0.3 is 0 Å². The van der Waals surface area contributed by atoms with Crippen LogP contribution in [0, 0.1) is 6.92 Å². The molecule has 0 saturated carbocycles. The Kier molecular flexibility index (Phi) is 7.63. The second-order valence-corrected chi connectivity index (χ2v) is 9.39. The van der Waals surface area contributed by atoms with Gasteiger partial charge in [0.25, 0.3) is 5.91 Å². The molecule has 1 aromatic heterocycles. The van der Waals surface area contributed by atoms with Gasteiger partial charge in [-0.15, -0.1) is 0 Å². The lowest BCUT2D eigenvalue weighted by molar-refractivity contribution is 0.0985. The Morgan fingerprint density at radius 3 is 2.52 bits per heavy atom. The first-order valence-electron chi connectivity index (χ1n) is 11.2. The molecular formula is C27H27ClN2O2S. The molecule has 3 aromatic carbocycles. The quantitative estimate of drug-likeness (QED) is 0.232. The van der Waals surface area contributed by atoms with Crippen LogP contribution in [-0.4, -0.2) is 17.5 Å². The highest BCUT2D eigenvalue weighted by Gasteiger charge is 2.22. The number of aryl methyl sites for hydroxylation is 1. The molecule has 170 valence electrons. The predicted molar refractivity (Wildman–Crippen MR) is 138 cm³/mol. The van der Waals surface area contributed by atoms with Crippen LogP contribution in [0.4, 0.5) is 5.13 Å². The van der Waals surface area contributed by atoms with Gasteiger partial charge in [-0.05, 0) is 60.9 Å². The van der Waals surface area contributed by atoms with E-state index in [1.807, 2.05) is 73.7 Å². The number of fused-ring (bicyclic) bond motifs is 1. The second kappa shape index (κ2) is 10.8. The van der Waals surface area contributed by atoms with Crippen molar-refractivity contribution in [2.75, 3.05) is 11.5 Å². The zero-order valence-electron chi connectivity index (χ0n) is 18.9. The molecule has 0 saturated heterocycles. The van der Waals surface area contributed by atoms with E-state index in [9.17, 15) is 4.79 Å². The second-order valence-electron chi connectivity index (χ2n) is 7.97. The summed E-state index contributed by atoms with van der Waals surface area (Å²) in [4.78, 5) is 20.2. The van der Waals surface area contributed by atoms with E-state index in [4.69, 9.17) is 21.3 Å². The van der Waals surface area contributed by atoms with E-state index in [1.54, 1.807) is 4.90 Å². The molecule has 1 amide bonds. The third-order valence-electron chi connectivity index (χ3n) is 5.51. The number of nitrogens with zero attached hydrogens (tertiary/aromatic N) is 2. The summed E-state index contributed by atoms with van der Waals surface area (Å²) >= 11 is 7.81. The van der Waals surface area contributed by atoms with Crippen molar-refractivity contribution in [2.24, 2.45) is 0 Å². The Hall–Kier alpha value is -2.89. The molecule has 0 N–H and O–H groups in total. The highest BCUT2D eigenvalue weighted by atomic mass is 35.5. The van der Waals surface area contributed by atoms with Crippen LogP contribution >= 0.6 is 22.9 Å². The van der Waals surface area contributed by atoms with Crippen molar-refractivity contribution in [3.8, 4) is 5.75 Å². The van der Waals surface area contributed by atoms with Gasteiger partial charge in [0.05, 0.1) is 23.4 Å². The summed E-state index contributed by atoms with van der Waals surface area (Å²) in [6.07, 6.45) is 3.34. The van der Waals surface area contributed by atoms with Gasteiger partial charge in [-0.25, -0.2) is 4.98 Å². The normalized spacial score (nSPS) is 11.0. The first-order chi connectivity index (χ1) is 16.1. The Balaban J connectivity index is 1.62. The number of anilines is 1. The molecule has 0 aliphatic carbocycles. The molecule has 0 bridgehead atoms. The number of halogens is 1. The topological polar surface area (TPSA) is 42.4 Å². The maximum absolute atomic E-state index is 13.6. The van der Waals surface area contributed by atoms with E-state index < -0.39 is 0 Å². The Morgan fingerprint density at radius 1 is 1.03 bits per heavy atom. The van der Waals surface area contributed by atoms with Crippen molar-refractivity contribution in [3.63, 3.8) is 0 Å². The summed E-state index contributed by atoms with van der Waals surface area (Å²) in [7, 11) is 0. The average Bonchev–Trinajstić information content (AvgIpc) is 3.28. The summed E-state index contributed by atoms with van der Waals surface area (Å²) in [6.45, 7) is 5.25. The van der Waals surface area contributed by atoms with E-state index in [0.29, 0.717) is 28.9 Å². The van der Waals surface area contributed by atoms with E-state index in [0.717, 1.165) is 46.4 Å². The van der Waals surface area contributed by atoms with Crippen LogP contribution in [0.1, 0.15) is 47.7 Å². The molecule has 0 spiro atoms. The molecule has 0 radical (unpaired) electrons. The minimum Gasteiger partial charge on any atom is -0.494 e. The lowest BCUT2D eigenvalue weighted by Crippen LogP contribution is -2.30. The number of carbonyl (C=O) groups excluding carboxylic acids is 1. The first kappa shape index (κ1) is 23.3. The zero-order valence-corrected chi connectivity index (χ0v) is 20.5. The number of amides is 1. The van der Waals surface area contributed by atoms with Crippen LogP contribution < -0.4 is 9.64 Å². The molecule has 0 unspecified atom stereocenters. The van der Waals surface area contributed by atoms with Crippen molar-refractivity contribution in [2.45, 2.75) is 39.7 Å². The van der Waals surface area contributed by atoms with E-state index in [-0.39, 0.29) is 5.91 Å². The average molecular weight is 479 g/mol. The third kappa shape index (κ3) is 5.55. The maximum atomic E-state index is 13.6. The Bertz CT molecular complexity index is 1220. The van der Waals surface area contributed by atoms with Gasteiger partial charge in [-0.2, -0.15) is 0 Å². The lowest BCUT2D eigenvalue weighted by Gasteiger charge is -2.20.